The van der Waals surface area contributed by atoms with E-state index in [1.54, 1.807) is 39.1 Å². The number of hydrogen-bond acceptors (Lipinski definition) is 5. The van der Waals surface area contributed by atoms with E-state index in [9.17, 15) is 9.59 Å². The number of likely N-dealkylation sites (N-methyl/N-ethyl adjacent to an activating group) is 1. The molecular formula is C14H20N2O4. The maximum absolute atomic E-state index is 12.2. The second-order valence-corrected chi connectivity index (χ2v) is 5.14. The summed E-state index contributed by atoms with van der Waals surface area (Å²) >= 11 is 0. The van der Waals surface area contributed by atoms with Crippen LogP contribution in [0, 0.1) is 0 Å². The lowest BCUT2D eigenvalue weighted by atomic mass is 10.1. The summed E-state index contributed by atoms with van der Waals surface area (Å²) in [6.07, 6.45) is 6.43. The fraction of sp³-hybridized carbons (Fsp3) is 0.429. The van der Waals surface area contributed by atoms with Crippen molar-refractivity contribution in [2.24, 2.45) is 0 Å². The van der Waals surface area contributed by atoms with Crippen molar-refractivity contribution in [2.75, 3.05) is 14.2 Å². The Morgan fingerprint density at radius 2 is 1.90 bits per heavy atom. The fourth-order valence-corrected chi connectivity index (χ4v) is 1.43. The number of nitrogens with one attached hydrogen (secondary N) is 1. The Hall–Kier alpha value is -2.08. The van der Waals surface area contributed by atoms with Gasteiger partial charge >= 0.3 is 5.97 Å². The SMILES string of the molecule is CON(C)C(=O)C1=C(C(=O)OC(C)(C)C)NC=CC=C1. The van der Waals surface area contributed by atoms with Crippen molar-refractivity contribution in [3.05, 3.63) is 35.7 Å². The van der Waals surface area contributed by atoms with Crippen molar-refractivity contribution in [1.29, 1.82) is 0 Å². The Labute approximate surface area is 118 Å². The smallest absolute Gasteiger partial charge is 0.356 e. The molecule has 1 aliphatic heterocycles. The zero-order chi connectivity index (χ0) is 15.3. The highest BCUT2D eigenvalue weighted by molar-refractivity contribution is 6.04. The average Bonchev–Trinajstić information content (AvgIpc) is 2.60. The number of amides is 1. The van der Waals surface area contributed by atoms with Gasteiger partial charge in [0.1, 0.15) is 11.3 Å². The summed E-state index contributed by atoms with van der Waals surface area (Å²) in [5, 5.41) is 3.81. The summed E-state index contributed by atoms with van der Waals surface area (Å²) in [6.45, 7) is 5.28. The molecule has 0 spiro atoms. The maximum Gasteiger partial charge on any atom is 0.356 e. The zero-order valence-corrected chi connectivity index (χ0v) is 12.4. The number of esters is 1. The van der Waals surface area contributed by atoms with Crippen molar-refractivity contribution >= 4 is 11.9 Å². The highest BCUT2D eigenvalue weighted by atomic mass is 16.7. The molecule has 6 heteroatoms. The van der Waals surface area contributed by atoms with Gasteiger partial charge in [-0.3, -0.25) is 9.63 Å². The van der Waals surface area contributed by atoms with Crippen LogP contribution in [0.2, 0.25) is 0 Å². The predicted octanol–water partition coefficient (Wildman–Crippen LogP) is 1.28. The molecule has 110 valence electrons. The zero-order valence-electron chi connectivity index (χ0n) is 12.4. The first-order valence-electron chi connectivity index (χ1n) is 6.16. The van der Waals surface area contributed by atoms with E-state index >= 15 is 0 Å². The molecule has 1 rings (SSSR count). The van der Waals surface area contributed by atoms with E-state index in [0.717, 1.165) is 5.06 Å². The third kappa shape index (κ3) is 4.24. The molecule has 0 aromatic carbocycles. The molecule has 0 atom stereocenters. The lowest BCUT2D eigenvalue weighted by Crippen LogP contribution is -2.33. The van der Waals surface area contributed by atoms with Gasteiger partial charge in [-0.15, -0.1) is 0 Å². The van der Waals surface area contributed by atoms with Gasteiger partial charge in [-0.05, 0) is 32.9 Å². The van der Waals surface area contributed by atoms with Gasteiger partial charge in [0.2, 0.25) is 0 Å². The van der Waals surface area contributed by atoms with Crippen molar-refractivity contribution in [2.45, 2.75) is 26.4 Å². The van der Waals surface area contributed by atoms with Gasteiger partial charge in [-0.1, -0.05) is 6.08 Å². The van der Waals surface area contributed by atoms with Crippen molar-refractivity contribution in [3.8, 4) is 0 Å². The van der Waals surface area contributed by atoms with Crippen LogP contribution in [0.15, 0.2) is 35.7 Å². The lowest BCUT2D eigenvalue weighted by molar-refractivity contribution is -0.164. The normalized spacial score (nSPS) is 14.7. The van der Waals surface area contributed by atoms with Gasteiger partial charge in [0.05, 0.1) is 12.7 Å². The number of rotatable bonds is 3. The van der Waals surface area contributed by atoms with Gasteiger partial charge in [0.25, 0.3) is 5.91 Å². The summed E-state index contributed by atoms with van der Waals surface area (Å²) in [7, 11) is 2.84. The van der Waals surface area contributed by atoms with Gasteiger partial charge in [-0.2, -0.15) is 0 Å². The van der Waals surface area contributed by atoms with E-state index < -0.39 is 17.5 Å². The maximum atomic E-state index is 12.2. The van der Waals surface area contributed by atoms with E-state index in [0.29, 0.717) is 0 Å². The van der Waals surface area contributed by atoms with Crippen molar-refractivity contribution in [3.63, 3.8) is 0 Å². The summed E-state index contributed by atoms with van der Waals surface area (Å²) in [4.78, 5) is 29.2. The predicted molar refractivity (Wildman–Crippen MR) is 74.1 cm³/mol. The van der Waals surface area contributed by atoms with Crippen LogP contribution in [0.4, 0.5) is 0 Å². The highest BCUT2D eigenvalue weighted by Gasteiger charge is 2.26. The van der Waals surface area contributed by atoms with E-state index in [1.165, 1.54) is 20.2 Å². The number of carbonyl (C=O) groups is 2. The van der Waals surface area contributed by atoms with E-state index in [4.69, 9.17) is 9.57 Å². The number of carbonyl (C=O) groups excluding carboxylic acids is 2. The summed E-state index contributed by atoms with van der Waals surface area (Å²) < 4.78 is 5.29. The topological polar surface area (TPSA) is 67.9 Å². The molecule has 0 aromatic rings. The Morgan fingerprint density at radius 1 is 1.25 bits per heavy atom. The number of ether oxygens (including phenoxy) is 1. The molecule has 1 aliphatic rings. The van der Waals surface area contributed by atoms with Crippen LogP contribution in [-0.2, 0) is 19.2 Å². The Kier molecular flexibility index (Phi) is 5.10. The molecule has 0 saturated heterocycles. The minimum atomic E-state index is -0.646. The molecule has 0 fully saturated rings. The van der Waals surface area contributed by atoms with Crippen molar-refractivity contribution < 1.29 is 19.2 Å². The molecule has 0 aromatic heterocycles. The lowest BCUT2D eigenvalue weighted by Gasteiger charge is -2.22. The summed E-state index contributed by atoms with van der Waals surface area (Å²) in [5.41, 5.74) is -0.389. The van der Waals surface area contributed by atoms with Crippen LogP contribution in [0.25, 0.3) is 0 Å². The quantitative estimate of drug-likeness (QED) is 0.623. The number of allylic oxidation sites excluding steroid dienone is 2. The van der Waals surface area contributed by atoms with Gasteiger partial charge in [0, 0.05) is 13.2 Å². The summed E-state index contributed by atoms with van der Waals surface area (Å²) in [5.74, 6) is -1.04. The number of hydrogen-bond donors (Lipinski definition) is 1. The summed E-state index contributed by atoms with van der Waals surface area (Å²) in [6, 6.07) is 0. The van der Waals surface area contributed by atoms with Gasteiger partial charge in [-0.25, -0.2) is 9.86 Å². The minimum Gasteiger partial charge on any atom is -0.455 e. The molecule has 1 heterocycles. The molecular weight excluding hydrogens is 260 g/mol. The molecule has 6 nitrogen and oxygen atoms in total. The first kappa shape index (κ1) is 16.0. The second kappa shape index (κ2) is 6.38. The second-order valence-electron chi connectivity index (χ2n) is 5.14. The van der Waals surface area contributed by atoms with Crippen molar-refractivity contribution in [1.82, 2.24) is 10.4 Å². The minimum absolute atomic E-state index is 0.0822. The fourth-order valence-electron chi connectivity index (χ4n) is 1.43. The molecule has 0 radical (unpaired) electrons. The van der Waals surface area contributed by atoms with Crippen LogP contribution in [0.3, 0.4) is 0 Å². The van der Waals surface area contributed by atoms with Crippen LogP contribution in [-0.4, -0.2) is 36.7 Å². The van der Waals surface area contributed by atoms with E-state index in [2.05, 4.69) is 5.32 Å². The molecule has 0 unspecified atom stereocenters. The van der Waals surface area contributed by atoms with Gasteiger partial charge < -0.3 is 10.1 Å². The molecule has 1 N–H and O–H groups in total. The average molecular weight is 280 g/mol. The number of nitrogens with zero attached hydrogens (tertiary/aromatic N) is 1. The third-order valence-corrected chi connectivity index (χ3v) is 2.36. The Morgan fingerprint density at radius 3 is 2.45 bits per heavy atom. The monoisotopic (exact) mass is 280 g/mol. The third-order valence-electron chi connectivity index (χ3n) is 2.36. The molecule has 0 saturated carbocycles. The first-order chi connectivity index (χ1) is 9.26. The van der Waals surface area contributed by atoms with Gasteiger partial charge in [0.15, 0.2) is 0 Å². The molecule has 20 heavy (non-hydrogen) atoms. The first-order valence-corrected chi connectivity index (χ1v) is 6.16. The highest BCUT2D eigenvalue weighted by Crippen LogP contribution is 2.16. The molecule has 0 aliphatic carbocycles. The molecule has 1 amide bonds. The van der Waals surface area contributed by atoms with Crippen LogP contribution in [0.1, 0.15) is 20.8 Å². The van der Waals surface area contributed by atoms with Crippen LogP contribution < -0.4 is 5.32 Å². The largest absolute Gasteiger partial charge is 0.455 e. The molecule has 0 bridgehead atoms. The Bertz CT molecular complexity index is 484. The Balaban J connectivity index is 3.15. The van der Waals surface area contributed by atoms with Crippen LogP contribution >= 0.6 is 0 Å². The van der Waals surface area contributed by atoms with E-state index in [-0.39, 0.29) is 11.3 Å². The number of hydroxylamine groups is 2. The standard InChI is InChI=1S/C14H20N2O4/c1-14(2,3)20-13(18)11-10(8-6-7-9-15-11)12(17)16(4)19-5/h6-9,15H,1-5H3. The van der Waals surface area contributed by atoms with Crippen LogP contribution in [0.5, 0.6) is 0 Å². The van der Waals surface area contributed by atoms with E-state index in [1.807, 2.05) is 0 Å².